The van der Waals surface area contributed by atoms with E-state index in [-0.39, 0.29) is 11.9 Å². The van der Waals surface area contributed by atoms with Crippen LogP contribution in [0.4, 0.5) is 5.88 Å². The van der Waals surface area contributed by atoms with Crippen molar-refractivity contribution in [2.75, 3.05) is 7.11 Å². The van der Waals surface area contributed by atoms with Gasteiger partial charge in [0, 0.05) is 11.1 Å². The number of aliphatic imine (C=N–C) groups is 1. The molecule has 26 heavy (non-hydrogen) atoms. The van der Waals surface area contributed by atoms with E-state index in [1.165, 1.54) is 13.3 Å². The summed E-state index contributed by atoms with van der Waals surface area (Å²) in [5.41, 5.74) is 2.49. The Bertz CT molecular complexity index is 1020. The molecule has 0 bridgehead atoms. The minimum absolute atomic E-state index is 0.267. The van der Waals surface area contributed by atoms with Crippen molar-refractivity contribution in [2.24, 2.45) is 4.99 Å². The van der Waals surface area contributed by atoms with E-state index in [1.54, 1.807) is 43.3 Å². The lowest BCUT2D eigenvalue weighted by molar-refractivity contribution is 0.0600. The minimum Gasteiger partial charge on any atom is -0.465 e. The van der Waals surface area contributed by atoms with Gasteiger partial charge in [-0.25, -0.2) is 9.79 Å². The smallest absolute Gasteiger partial charge is 0.337 e. The Morgan fingerprint density at radius 1 is 1.15 bits per heavy atom. The van der Waals surface area contributed by atoms with E-state index in [2.05, 4.69) is 15.8 Å². The van der Waals surface area contributed by atoms with Crippen LogP contribution in [0.25, 0.3) is 11.3 Å². The number of benzene rings is 1. The molecule has 0 aliphatic heterocycles. The van der Waals surface area contributed by atoms with Crippen LogP contribution in [-0.4, -0.2) is 19.3 Å². The zero-order valence-electron chi connectivity index (χ0n) is 14.6. The Balaban J connectivity index is 1.81. The van der Waals surface area contributed by atoms with Crippen LogP contribution in [0.3, 0.4) is 0 Å². The summed E-state index contributed by atoms with van der Waals surface area (Å²) in [6.07, 6.45) is 1.50. The van der Waals surface area contributed by atoms with Crippen molar-refractivity contribution in [1.29, 1.82) is 5.26 Å². The molecule has 2 aromatic heterocycles. The van der Waals surface area contributed by atoms with Crippen LogP contribution in [0.15, 0.2) is 50.2 Å². The highest BCUT2D eigenvalue weighted by Crippen LogP contribution is 2.28. The van der Waals surface area contributed by atoms with Gasteiger partial charge in [-0.3, -0.25) is 0 Å². The Hall–Kier alpha value is -3.59. The summed E-state index contributed by atoms with van der Waals surface area (Å²) < 4.78 is 15.9. The maximum atomic E-state index is 11.5. The van der Waals surface area contributed by atoms with E-state index >= 15 is 0 Å². The Labute approximate surface area is 150 Å². The molecule has 2 heterocycles. The van der Waals surface area contributed by atoms with Crippen molar-refractivity contribution >= 4 is 18.1 Å². The highest BCUT2D eigenvalue weighted by atomic mass is 16.5. The normalized spacial score (nSPS) is 10.8. The first-order valence-electron chi connectivity index (χ1n) is 7.86. The fraction of sp³-hybridized carbons (Fsp3) is 0.150. The highest BCUT2D eigenvalue weighted by Gasteiger charge is 2.13. The second-order valence-corrected chi connectivity index (χ2v) is 5.60. The predicted octanol–water partition coefficient (Wildman–Crippen LogP) is 4.57. The van der Waals surface area contributed by atoms with Crippen molar-refractivity contribution < 1.29 is 18.4 Å². The third-order valence-electron chi connectivity index (χ3n) is 4.00. The first-order valence-corrected chi connectivity index (χ1v) is 7.86. The van der Waals surface area contributed by atoms with Gasteiger partial charge < -0.3 is 13.6 Å². The summed E-state index contributed by atoms with van der Waals surface area (Å²) in [6, 6.07) is 12.6. The first kappa shape index (κ1) is 17.2. The predicted molar refractivity (Wildman–Crippen MR) is 95.6 cm³/mol. The molecular formula is C20H16N2O4. The van der Waals surface area contributed by atoms with Crippen molar-refractivity contribution in [3.05, 3.63) is 64.6 Å². The molecule has 6 heteroatoms. The SMILES string of the molecule is COC(=O)c1ccc(-c2ccc(/C=N/c3oc(C)c(C)c3C#N)o2)cc1. The molecule has 0 fully saturated rings. The summed E-state index contributed by atoms with van der Waals surface area (Å²) in [6.45, 7) is 3.61. The Morgan fingerprint density at radius 2 is 1.88 bits per heavy atom. The lowest BCUT2D eigenvalue weighted by Crippen LogP contribution is -2.00. The number of rotatable bonds is 4. The summed E-state index contributed by atoms with van der Waals surface area (Å²) >= 11 is 0. The number of esters is 1. The summed E-state index contributed by atoms with van der Waals surface area (Å²) in [7, 11) is 1.34. The molecule has 6 nitrogen and oxygen atoms in total. The topological polar surface area (TPSA) is 88.7 Å². The van der Waals surface area contributed by atoms with Gasteiger partial charge in [-0.05, 0) is 38.1 Å². The minimum atomic E-state index is -0.388. The van der Waals surface area contributed by atoms with Crippen LogP contribution in [0.1, 0.15) is 33.0 Å². The molecule has 0 aliphatic rings. The van der Waals surface area contributed by atoms with Crippen LogP contribution in [-0.2, 0) is 4.74 Å². The van der Waals surface area contributed by atoms with Crippen molar-refractivity contribution in [3.8, 4) is 17.4 Å². The highest BCUT2D eigenvalue weighted by molar-refractivity contribution is 5.90. The number of aryl methyl sites for hydroxylation is 1. The lowest BCUT2D eigenvalue weighted by atomic mass is 10.1. The summed E-state index contributed by atoms with van der Waals surface area (Å²) in [5.74, 6) is 1.70. The molecule has 0 unspecified atom stereocenters. The average molecular weight is 348 g/mol. The van der Waals surface area contributed by atoms with Crippen LogP contribution in [0.5, 0.6) is 0 Å². The Morgan fingerprint density at radius 3 is 2.54 bits per heavy atom. The number of furan rings is 2. The molecule has 0 N–H and O–H groups in total. The molecule has 0 radical (unpaired) electrons. The van der Waals surface area contributed by atoms with Gasteiger partial charge in [-0.15, -0.1) is 0 Å². The molecule has 0 saturated heterocycles. The van der Waals surface area contributed by atoms with Crippen LogP contribution in [0.2, 0.25) is 0 Å². The van der Waals surface area contributed by atoms with Gasteiger partial charge >= 0.3 is 5.97 Å². The number of carbonyl (C=O) groups is 1. The fourth-order valence-electron chi connectivity index (χ4n) is 2.42. The molecule has 0 amide bonds. The monoisotopic (exact) mass is 348 g/mol. The number of hydrogen-bond donors (Lipinski definition) is 0. The van der Waals surface area contributed by atoms with E-state index in [4.69, 9.17) is 8.83 Å². The fourth-order valence-corrected chi connectivity index (χ4v) is 2.42. The second-order valence-electron chi connectivity index (χ2n) is 5.60. The van der Waals surface area contributed by atoms with E-state index in [0.29, 0.717) is 28.4 Å². The third-order valence-corrected chi connectivity index (χ3v) is 4.00. The zero-order chi connectivity index (χ0) is 18.7. The Kier molecular flexibility index (Phi) is 4.72. The maximum absolute atomic E-state index is 11.5. The van der Waals surface area contributed by atoms with Gasteiger partial charge in [-0.2, -0.15) is 5.26 Å². The van der Waals surface area contributed by atoms with Gasteiger partial charge in [0.05, 0.1) is 18.9 Å². The van der Waals surface area contributed by atoms with Gasteiger partial charge in [-0.1, -0.05) is 12.1 Å². The standard InChI is InChI=1S/C20H16N2O4/c1-12-13(2)25-19(17(12)10-21)22-11-16-8-9-18(26-16)14-4-6-15(7-5-14)20(23)24-3/h4-9,11H,1-3H3/b22-11+. The number of ether oxygens (including phenoxy) is 1. The van der Waals surface area contributed by atoms with E-state index in [1.807, 2.05) is 6.92 Å². The zero-order valence-corrected chi connectivity index (χ0v) is 14.6. The number of methoxy groups -OCH3 is 1. The van der Waals surface area contributed by atoms with E-state index < -0.39 is 0 Å². The van der Waals surface area contributed by atoms with Gasteiger partial charge in [0.1, 0.15) is 28.9 Å². The van der Waals surface area contributed by atoms with Crippen molar-refractivity contribution in [1.82, 2.24) is 0 Å². The van der Waals surface area contributed by atoms with Crippen molar-refractivity contribution in [3.63, 3.8) is 0 Å². The molecule has 130 valence electrons. The van der Waals surface area contributed by atoms with E-state index in [0.717, 1.165) is 11.1 Å². The van der Waals surface area contributed by atoms with Crippen molar-refractivity contribution in [2.45, 2.75) is 13.8 Å². The molecular weight excluding hydrogens is 332 g/mol. The van der Waals surface area contributed by atoms with Crippen LogP contribution in [0, 0.1) is 25.2 Å². The molecule has 0 atom stereocenters. The number of nitriles is 1. The van der Waals surface area contributed by atoms with Crippen LogP contribution < -0.4 is 0 Å². The largest absolute Gasteiger partial charge is 0.465 e. The molecule has 3 aromatic rings. The number of nitrogens with zero attached hydrogens (tertiary/aromatic N) is 2. The summed E-state index contributed by atoms with van der Waals surface area (Å²) in [5, 5.41) is 9.20. The van der Waals surface area contributed by atoms with Gasteiger partial charge in [0.25, 0.3) is 0 Å². The number of hydrogen-bond acceptors (Lipinski definition) is 6. The number of carbonyl (C=O) groups excluding carboxylic acids is 1. The maximum Gasteiger partial charge on any atom is 0.337 e. The molecule has 3 rings (SSSR count). The second kappa shape index (κ2) is 7.11. The first-order chi connectivity index (χ1) is 12.5. The molecule has 0 aliphatic carbocycles. The van der Waals surface area contributed by atoms with Gasteiger partial charge in [0.2, 0.25) is 5.88 Å². The lowest BCUT2D eigenvalue weighted by Gasteiger charge is -2.00. The quantitative estimate of drug-likeness (QED) is 0.509. The molecule has 0 saturated carbocycles. The molecule has 0 spiro atoms. The van der Waals surface area contributed by atoms with Gasteiger partial charge in [0.15, 0.2) is 0 Å². The third kappa shape index (κ3) is 3.28. The molecule has 1 aromatic carbocycles. The summed E-state index contributed by atoms with van der Waals surface area (Å²) in [4.78, 5) is 15.7. The average Bonchev–Trinajstić information content (AvgIpc) is 3.24. The van der Waals surface area contributed by atoms with Crippen LogP contribution >= 0.6 is 0 Å². The van der Waals surface area contributed by atoms with E-state index in [9.17, 15) is 10.1 Å².